The molecule has 3 heterocycles. The van der Waals surface area contributed by atoms with Crippen molar-refractivity contribution < 1.29 is 0 Å². The summed E-state index contributed by atoms with van der Waals surface area (Å²) in [4.78, 5) is 4.11. The van der Waals surface area contributed by atoms with Gasteiger partial charge in [0.2, 0.25) is 0 Å². The highest BCUT2D eigenvalue weighted by Gasteiger charge is 2.06. The van der Waals surface area contributed by atoms with Crippen molar-refractivity contribution in [3.05, 3.63) is 53.7 Å². The Morgan fingerprint density at radius 2 is 2.16 bits per heavy atom. The average molecular weight is 253 g/mol. The lowest BCUT2D eigenvalue weighted by atomic mass is 10.2. The van der Waals surface area contributed by atoms with Gasteiger partial charge in [-0.3, -0.25) is 14.8 Å². The first-order valence-electron chi connectivity index (χ1n) is 6.18. The molecule has 3 rings (SSSR count). The first kappa shape index (κ1) is 11.6. The topological polar surface area (TPSA) is 59.4 Å². The number of pyridine rings is 1. The number of hydrogen-bond acceptors (Lipinski definition) is 3. The molecular weight excluding hydrogens is 238 g/mol. The van der Waals surface area contributed by atoms with Crippen LogP contribution >= 0.6 is 0 Å². The maximum atomic E-state index is 4.44. The molecule has 0 atom stereocenters. The molecule has 1 N–H and O–H groups in total. The molecule has 0 bridgehead atoms. The van der Waals surface area contributed by atoms with E-state index in [0.717, 1.165) is 28.3 Å². The fourth-order valence-corrected chi connectivity index (χ4v) is 2.10. The van der Waals surface area contributed by atoms with Gasteiger partial charge < -0.3 is 0 Å². The Morgan fingerprint density at radius 3 is 2.84 bits per heavy atom. The van der Waals surface area contributed by atoms with Gasteiger partial charge in [-0.15, -0.1) is 0 Å². The smallest absolute Gasteiger partial charge is 0.0853 e. The average Bonchev–Trinajstić information content (AvgIpc) is 2.99. The van der Waals surface area contributed by atoms with Crippen molar-refractivity contribution >= 4 is 0 Å². The minimum absolute atomic E-state index is 0.677. The predicted molar refractivity (Wildman–Crippen MR) is 72.6 cm³/mol. The molecule has 0 amide bonds. The summed E-state index contributed by atoms with van der Waals surface area (Å²) in [5.41, 5.74) is 5.15. The molecule has 3 aromatic rings. The van der Waals surface area contributed by atoms with Gasteiger partial charge in [-0.25, -0.2) is 0 Å². The van der Waals surface area contributed by atoms with Crippen LogP contribution in [0.1, 0.15) is 17.1 Å². The molecule has 0 aromatic carbocycles. The number of aromatic amines is 1. The Balaban J connectivity index is 1.84. The van der Waals surface area contributed by atoms with E-state index in [1.807, 2.05) is 36.0 Å². The molecule has 96 valence electrons. The summed E-state index contributed by atoms with van der Waals surface area (Å²) < 4.78 is 1.96. The molecule has 0 saturated carbocycles. The third-order valence-electron chi connectivity index (χ3n) is 3.02. The lowest BCUT2D eigenvalue weighted by molar-refractivity contribution is 0.645. The molecule has 19 heavy (non-hydrogen) atoms. The fourth-order valence-electron chi connectivity index (χ4n) is 2.10. The molecule has 0 radical (unpaired) electrons. The van der Waals surface area contributed by atoms with E-state index in [4.69, 9.17) is 0 Å². The second-order valence-corrected chi connectivity index (χ2v) is 4.60. The highest BCUT2D eigenvalue weighted by Crippen LogP contribution is 2.16. The van der Waals surface area contributed by atoms with Crippen LogP contribution in [0.4, 0.5) is 0 Å². The highest BCUT2D eigenvalue weighted by molar-refractivity contribution is 5.57. The third-order valence-corrected chi connectivity index (χ3v) is 3.02. The Bertz CT molecular complexity index is 681. The molecule has 0 unspecified atom stereocenters. The summed E-state index contributed by atoms with van der Waals surface area (Å²) in [5, 5.41) is 11.8. The van der Waals surface area contributed by atoms with E-state index in [9.17, 15) is 0 Å². The molecule has 0 fully saturated rings. The van der Waals surface area contributed by atoms with Gasteiger partial charge in [0.1, 0.15) is 0 Å². The Labute approximate surface area is 111 Å². The van der Waals surface area contributed by atoms with E-state index in [1.54, 1.807) is 6.20 Å². The molecule has 0 aliphatic heterocycles. The molecule has 0 spiro atoms. The normalized spacial score (nSPS) is 10.8. The fraction of sp³-hybridized carbons (Fsp3) is 0.214. The summed E-state index contributed by atoms with van der Waals surface area (Å²) in [6.07, 6.45) is 3.58. The largest absolute Gasteiger partial charge is 0.277 e. The number of nitrogens with zero attached hydrogens (tertiary/aromatic N) is 4. The molecule has 5 nitrogen and oxygen atoms in total. The van der Waals surface area contributed by atoms with Crippen LogP contribution in [0.25, 0.3) is 11.3 Å². The van der Waals surface area contributed by atoms with Crippen molar-refractivity contribution in [3.8, 4) is 11.3 Å². The van der Waals surface area contributed by atoms with Crippen LogP contribution in [-0.4, -0.2) is 25.0 Å². The van der Waals surface area contributed by atoms with Gasteiger partial charge in [-0.2, -0.15) is 10.2 Å². The summed E-state index contributed by atoms with van der Waals surface area (Å²) in [5.74, 6) is 0. The lowest BCUT2D eigenvalue weighted by Crippen LogP contribution is -2.04. The Hall–Kier alpha value is -2.43. The minimum atomic E-state index is 0.677. The molecule has 0 aliphatic carbocycles. The summed E-state index contributed by atoms with van der Waals surface area (Å²) in [6.45, 7) is 4.72. The number of H-pyrrole nitrogens is 1. The lowest BCUT2D eigenvalue weighted by Gasteiger charge is -2.00. The number of nitrogens with one attached hydrogen (secondary N) is 1. The maximum Gasteiger partial charge on any atom is 0.0853 e. The third kappa shape index (κ3) is 2.40. The van der Waals surface area contributed by atoms with Gasteiger partial charge in [0.05, 0.1) is 23.6 Å². The standard InChI is InChI=1S/C14H15N5/c1-10-6-11(2)19(18-10)9-13-7-14(17-16-13)12-4-3-5-15-8-12/h3-8H,9H2,1-2H3,(H,16,17). The van der Waals surface area contributed by atoms with E-state index in [-0.39, 0.29) is 0 Å². The van der Waals surface area contributed by atoms with E-state index < -0.39 is 0 Å². The summed E-state index contributed by atoms with van der Waals surface area (Å²) in [6, 6.07) is 8.02. The molecule has 0 aliphatic rings. The summed E-state index contributed by atoms with van der Waals surface area (Å²) in [7, 11) is 0. The van der Waals surface area contributed by atoms with Crippen molar-refractivity contribution in [1.82, 2.24) is 25.0 Å². The van der Waals surface area contributed by atoms with Crippen LogP contribution in [0.15, 0.2) is 36.7 Å². The van der Waals surface area contributed by atoms with Crippen molar-refractivity contribution in [3.63, 3.8) is 0 Å². The van der Waals surface area contributed by atoms with Gasteiger partial charge in [-0.05, 0) is 38.1 Å². The second-order valence-electron chi connectivity index (χ2n) is 4.60. The first-order chi connectivity index (χ1) is 9.22. The highest BCUT2D eigenvalue weighted by atomic mass is 15.3. The van der Waals surface area contributed by atoms with Crippen LogP contribution < -0.4 is 0 Å². The van der Waals surface area contributed by atoms with Gasteiger partial charge in [0.15, 0.2) is 0 Å². The number of hydrogen-bond donors (Lipinski definition) is 1. The Morgan fingerprint density at radius 1 is 1.26 bits per heavy atom. The molecule has 3 aromatic heterocycles. The van der Waals surface area contributed by atoms with Gasteiger partial charge >= 0.3 is 0 Å². The monoisotopic (exact) mass is 253 g/mol. The van der Waals surface area contributed by atoms with Gasteiger partial charge in [-0.1, -0.05) is 0 Å². The minimum Gasteiger partial charge on any atom is -0.277 e. The zero-order chi connectivity index (χ0) is 13.2. The van der Waals surface area contributed by atoms with E-state index in [1.165, 1.54) is 0 Å². The van der Waals surface area contributed by atoms with Crippen molar-refractivity contribution in [2.75, 3.05) is 0 Å². The van der Waals surface area contributed by atoms with Gasteiger partial charge in [0.25, 0.3) is 0 Å². The maximum absolute atomic E-state index is 4.44. The van der Waals surface area contributed by atoms with Crippen LogP contribution in [0.5, 0.6) is 0 Å². The summed E-state index contributed by atoms with van der Waals surface area (Å²) >= 11 is 0. The van der Waals surface area contributed by atoms with Crippen molar-refractivity contribution in [2.24, 2.45) is 0 Å². The van der Waals surface area contributed by atoms with Gasteiger partial charge in [0, 0.05) is 23.7 Å². The zero-order valence-corrected chi connectivity index (χ0v) is 11.0. The molecular formula is C14H15N5. The van der Waals surface area contributed by atoms with Crippen molar-refractivity contribution in [2.45, 2.75) is 20.4 Å². The quantitative estimate of drug-likeness (QED) is 0.779. The molecule has 5 heteroatoms. The zero-order valence-electron chi connectivity index (χ0n) is 11.0. The van der Waals surface area contributed by atoms with Crippen LogP contribution in [0.2, 0.25) is 0 Å². The van der Waals surface area contributed by atoms with E-state index >= 15 is 0 Å². The SMILES string of the molecule is Cc1cc(C)n(Cc2cc(-c3cccnc3)[nH]n2)n1. The van der Waals surface area contributed by atoms with Crippen LogP contribution in [-0.2, 0) is 6.54 Å². The number of aromatic nitrogens is 5. The first-order valence-corrected chi connectivity index (χ1v) is 6.18. The van der Waals surface area contributed by atoms with E-state index in [0.29, 0.717) is 6.54 Å². The Kier molecular flexibility index (Phi) is 2.87. The van der Waals surface area contributed by atoms with Crippen LogP contribution in [0, 0.1) is 13.8 Å². The van der Waals surface area contributed by atoms with Crippen LogP contribution in [0.3, 0.4) is 0 Å². The second kappa shape index (κ2) is 4.68. The number of rotatable bonds is 3. The molecule has 0 saturated heterocycles. The van der Waals surface area contributed by atoms with Crippen molar-refractivity contribution in [1.29, 1.82) is 0 Å². The van der Waals surface area contributed by atoms with E-state index in [2.05, 4.69) is 33.3 Å². The number of aryl methyl sites for hydroxylation is 2. The predicted octanol–water partition coefficient (Wildman–Crippen LogP) is 2.33.